The van der Waals surface area contributed by atoms with E-state index in [0.717, 1.165) is 10.7 Å². The van der Waals surface area contributed by atoms with Crippen LogP contribution >= 0.6 is 47.8 Å². The zero-order valence-corrected chi connectivity index (χ0v) is 16.4. The topological polar surface area (TPSA) is 107 Å². The Bertz CT molecular complexity index is 783. The maximum Gasteiger partial charge on any atom is 0.433 e. The third kappa shape index (κ3) is 5.14. The van der Waals surface area contributed by atoms with E-state index in [9.17, 15) is 14.9 Å². The second kappa shape index (κ2) is 8.40. The number of halogens is 3. The van der Waals surface area contributed by atoms with Crippen molar-refractivity contribution < 1.29 is 18.9 Å². The highest BCUT2D eigenvalue weighted by Crippen LogP contribution is 2.36. The molecule has 0 saturated heterocycles. The van der Waals surface area contributed by atoms with Crippen molar-refractivity contribution in [2.75, 3.05) is 6.61 Å². The van der Waals surface area contributed by atoms with Crippen LogP contribution in [0.1, 0.15) is 5.76 Å². The van der Waals surface area contributed by atoms with E-state index in [1.807, 2.05) is 0 Å². The van der Waals surface area contributed by atoms with Crippen molar-refractivity contribution in [2.24, 2.45) is 5.10 Å². The van der Waals surface area contributed by atoms with Crippen molar-refractivity contribution in [3.8, 4) is 5.75 Å². The summed E-state index contributed by atoms with van der Waals surface area (Å²) in [7, 11) is 0. The molecule has 0 bridgehead atoms. The fourth-order valence-electron chi connectivity index (χ4n) is 1.51. The molecule has 2 aromatic rings. The Labute approximate surface area is 160 Å². The molecule has 0 spiro atoms. The third-order valence-corrected chi connectivity index (χ3v) is 4.12. The maximum absolute atomic E-state index is 11.7. The molecule has 8 nitrogen and oxygen atoms in total. The predicted molar refractivity (Wildman–Crippen MR) is 96.1 cm³/mol. The van der Waals surface area contributed by atoms with Crippen LogP contribution in [0.4, 0.5) is 5.88 Å². The molecule has 0 aliphatic heterocycles. The van der Waals surface area contributed by atoms with Crippen molar-refractivity contribution >= 4 is 65.8 Å². The number of nitro groups is 1. The highest BCUT2D eigenvalue weighted by Gasteiger charge is 2.11. The molecule has 1 aromatic heterocycles. The van der Waals surface area contributed by atoms with Crippen molar-refractivity contribution in [1.29, 1.82) is 0 Å². The van der Waals surface area contributed by atoms with Crippen LogP contribution in [0.25, 0.3) is 0 Å². The quantitative estimate of drug-likeness (QED) is 0.348. The Balaban J connectivity index is 1.87. The second-order valence-corrected chi connectivity index (χ2v) is 6.84. The first-order chi connectivity index (χ1) is 11.4. The van der Waals surface area contributed by atoms with Crippen LogP contribution in [0.3, 0.4) is 0 Å². The minimum atomic E-state index is -0.669. The molecule has 0 unspecified atom stereocenters. The van der Waals surface area contributed by atoms with Gasteiger partial charge in [-0.3, -0.25) is 14.9 Å². The lowest BCUT2D eigenvalue weighted by Crippen LogP contribution is -2.24. The normalized spacial score (nSPS) is 10.8. The summed E-state index contributed by atoms with van der Waals surface area (Å²) in [6.07, 6.45) is 1.15. The van der Waals surface area contributed by atoms with E-state index >= 15 is 0 Å². The Kier molecular flexibility index (Phi) is 6.52. The largest absolute Gasteiger partial charge is 0.481 e. The minimum Gasteiger partial charge on any atom is -0.481 e. The molecule has 0 aliphatic rings. The van der Waals surface area contributed by atoms with Crippen LogP contribution in [-0.4, -0.2) is 23.7 Å². The number of ether oxygens (including phenoxy) is 1. The fraction of sp³-hybridized carbons (Fsp3) is 0.0769. The number of rotatable bonds is 6. The molecule has 1 N–H and O–H groups in total. The Morgan fingerprint density at radius 2 is 2.00 bits per heavy atom. The summed E-state index contributed by atoms with van der Waals surface area (Å²) >= 11 is 9.99. The first-order valence-corrected chi connectivity index (χ1v) is 8.58. The van der Waals surface area contributed by atoms with E-state index in [0.29, 0.717) is 14.7 Å². The van der Waals surface area contributed by atoms with Crippen LogP contribution in [0.5, 0.6) is 5.75 Å². The van der Waals surface area contributed by atoms with Gasteiger partial charge in [-0.15, -0.1) is 0 Å². The molecule has 0 aliphatic carbocycles. The molecule has 1 amide bonds. The highest BCUT2D eigenvalue weighted by molar-refractivity contribution is 9.11. The van der Waals surface area contributed by atoms with Crippen LogP contribution < -0.4 is 10.2 Å². The molecule has 126 valence electrons. The number of carbonyl (C=O) groups excluding carboxylic acids is 1. The van der Waals surface area contributed by atoms with Gasteiger partial charge >= 0.3 is 5.88 Å². The SMILES string of the molecule is O=C(COc1c(Br)cc(Br)cc1Br)N/N=C/c1ccc([N+](=O)[O-])o1. The lowest BCUT2D eigenvalue weighted by atomic mass is 10.3. The minimum absolute atomic E-state index is 0.140. The van der Waals surface area contributed by atoms with Gasteiger partial charge in [0.15, 0.2) is 12.4 Å². The number of amides is 1. The number of hydrogen-bond acceptors (Lipinski definition) is 6. The maximum atomic E-state index is 11.7. The predicted octanol–water partition coefficient (Wildman–Crippen LogP) is 4.00. The number of nitrogens with zero attached hydrogens (tertiary/aromatic N) is 2. The van der Waals surface area contributed by atoms with Crippen molar-refractivity contribution in [1.82, 2.24) is 5.43 Å². The van der Waals surface area contributed by atoms with Crippen molar-refractivity contribution in [2.45, 2.75) is 0 Å². The molecule has 0 atom stereocenters. The summed E-state index contributed by atoms with van der Waals surface area (Å²) in [6, 6.07) is 6.11. The summed E-state index contributed by atoms with van der Waals surface area (Å²) in [5, 5.41) is 14.1. The lowest BCUT2D eigenvalue weighted by molar-refractivity contribution is -0.402. The molecule has 1 aromatic carbocycles. The van der Waals surface area contributed by atoms with Crippen LogP contribution in [0, 0.1) is 10.1 Å². The lowest BCUT2D eigenvalue weighted by Gasteiger charge is -2.09. The van der Waals surface area contributed by atoms with Gasteiger partial charge in [0.2, 0.25) is 0 Å². The van der Waals surface area contributed by atoms with Gasteiger partial charge in [-0.25, -0.2) is 5.43 Å². The first kappa shape index (κ1) is 18.6. The smallest absolute Gasteiger partial charge is 0.433 e. The van der Waals surface area contributed by atoms with E-state index in [4.69, 9.17) is 9.15 Å². The molecular formula is C13H8Br3N3O5. The van der Waals surface area contributed by atoms with Gasteiger partial charge in [0.1, 0.15) is 10.7 Å². The van der Waals surface area contributed by atoms with Gasteiger partial charge in [-0.1, -0.05) is 15.9 Å². The van der Waals surface area contributed by atoms with Crippen molar-refractivity contribution in [3.05, 3.63) is 53.6 Å². The molecule has 1 heterocycles. The highest BCUT2D eigenvalue weighted by atomic mass is 79.9. The monoisotopic (exact) mass is 523 g/mol. The van der Waals surface area contributed by atoms with Crippen LogP contribution in [-0.2, 0) is 4.79 Å². The van der Waals surface area contributed by atoms with E-state index < -0.39 is 16.7 Å². The van der Waals surface area contributed by atoms with Gasteiger partial charge in [-0.2, -0.15) is 5.10 Å². The summed E-state index contributed by atoms with van der Waals surface area (Å²) in [5.74, 6) is -0.301. The summed E-state index contributed by atoms with van der Waals surface area (Å²) in [5.41, 5.74) is 2.23. The molecule has 11 heteroatoms. The molecular weight excluding hydrogens is 518 g/mol. The molecule has 0 radical (unpaired) electrons. The Morgan fingerprint density at radius 3 is 2.58 bits per heavy atom. The summed E-state index contributed by atoms with van der Waals surface area (Å²) in [6.45, 7) is -0.269. The summed E-state index contributed by atoms with van der Waals surface area (Å²) in [4.78, 5) is 21.5. The molecule has 24 heavy (non-hydrogen) atoms. The first-order valence-electron chi connectivity index (χ1n) is 6.20. The third-order valence-electron chi connectivity index (χ3n) is 2.48. The number of hydrazone groups is 1. The fourth-order valence-corrected chi connectivity index (χ4v) is 4.00. The van der Waals surface area contributed by atoms with Gasteiger partial charge in [-0.05, 0) is 50.1 Å². The van der Waals surface area contributed by atoms with Gasteiger partial charge in [0, 0.05) is 4.47 Å². The number of hydrogen-bond donors (Lipinski definition) is 1. The van der Waals surface area contributed by atoms with Crippen LogP contribution in [0.2, 0.25) is 0 Å². The molecule has 0 fully saturated rings. The van der Waals surface area contributed by atoms with E-state index in [1.165, 1.54) is 12.1 Å². The van der Waals surface area contributed by atoms with Gasteiger partial charge in [0.05, 0.1) is 21.2 Å². The standard InChI is InChI=1S/C13H8Br3N3O5/c14-7-3-9(15)13(10(16)4-7)23-6-11(20)18-17-5-8-1-2-12(24-8)19(21)22/h1-5H,6H2,(H,18,20)/b17-5+. The van der Waals surface area contributed by atoms with E-state index in [2.05, 4.69) is 58.3 Å². The number of furan rings is 1. The van der Waals surface area contributed by atoms with E-state index in [1.54, 1.807) is 12.1 Å². The van der Waals surface area contributed by atoms with Crippen molar-refractivity contribution in [3.63, 3.8) is 0 Å². The number of benzene rings is 1. The Morgan fingerprint density at radius 1 is 1.33 bits per heavy atom. The number of nitrogens with one attached hydrogen (secondary N) is 1. The zero-order valence-electron chi connectivity index (χ0n) is 11.7. The molecule has 2 rings (SSSR count). The van der Waals surface area contributed by atoms with Crippen LogP contribution in [0.15, 0.2) is 47.2 Å². The number of carbonyl (C=O) groups is 1. The average Bonchev–Trinajstić information content (AvgIpc) is 2.95. The average molecular weight is 526 g/mol. The molecule has 0 saturated carbocycles. The summed E-state index contributed by atoms with van der Waals surface area (Å²) < 4.78 is 12.4. The zero-order chi connectivity index (χ0) is 17.7. The second-order valence-electron chi connectivity index (χ2n) is 4.21. The van der Waals surface area contributed by atoms with Gasteiger partial charge < -0.3 is 9.15 Å². The van der Waals surface area contributed by atoms with Gasteiger partial charge in [0.25, 0.3) is 5.91 Å². The Hall–Kier alpha value is -1.72. The van der Waals surface area contributed by atoms with E-state index in [-0.39, 0.29) is 12.4 Å².